The molecular formula is C22H25FN4O4. The second-order valence-electron chi connectivity index (χ2n) is 7.79. The van der Waals surface area contributed by atoms with Gasteiger partial charge in [-0.1, -0.05) is 0 Å². The van der Waals surface area contributed by atoms with Crippen LogP contribution in [0.2, 0.25) is 0 Å². The summed E-state index contributed by atoms with van der Waals surface area (Å²) in [4.78, 5) is 42.0. The summed E-state index contributed by atoms with van der Waals surface area (Å²) in [5.74, 6) is -1.79. The summed E-state index contributed by atoms with van der Waals surface area (Å²) >= 11 is 0. The number of amides is 3. The number of aliphatic hydroxyl groups excluding tert-OH is 1. The van der Waals surface area contributed by atoms with E-state index in [4.69, 9.17) is 0 Å². The molecule has 2 atom stereocenters. The molecule has 31 heavy (non-hydrogen) atoms. The fourth-order valence-electron chi connectivity index (χ4n) is 3.59. The molecule has 3 amide bonds. The van der Waals surface area contributed by atoms with Crippen LogP contribution in [0.25, 0.3) is 11.6 Å². The predicted molar refractivity (Wildman–Crippen MR) is 115 cm³/mol. The number of nitrogens with one attached hydrogen (secondary N) is 3. The zero-order valence-electron chi connectivity index (χ0n) is 18.0. The first-order chi connectivity index (χ1) is 14.5. The van der Waals surface area contributed by atoms with Gasteiger partial charge < -0.3 is 25.6 Å². The van der Waals surface area contributed by atoms with Crippen LogP contribution >= 0.6 is 0 Å². The molecule has 1 aliphatic heterocycles. The molecule has 0 spiro atoms. The van der Waals surface area contributed by atoms with Gasteiger partial charge in [-0.25, -0.2) is 4.39 Å². The first kappa shape index (κ1) is 22.2. The predicted octanol–water partition coefficient (Wildman–Crippen LogP) is 1.83. The second kappa shape index (κ2) is 8.35. The zero-order valence-corrected chi connectivity index (χ0v) is 18.0. The van der Waals surface area contributed by atoms with Crippen LogP contribution in [0.15, 0.2) is 18.2 Å². The molecule has 2 aromatic rings. The third-order valence-electron chi connectivity index (χ3n) is 5.23. The van der Waals surface area contributed by atoms with Gasteiger partial charge in [0.05, 0.1) is 17.2 Å². The van der Waals surface area contributed by atoms with Gasteiger partial charge in [0, 0.05) is 36.7 Å². The normalized spacial score (nSPS) is 16.0. The SMILES string of the molecule is Cc1[nH]c(C=C2C(=O)Nc3ccc(F)cc32)c(C)c1C(=O)N[C@@H](C(=O)N(C)C)[C@@H](C)O. The van der Waals surface area contributed by atoms with Crippen molar-refractivity contribution in [3.63, 3.8) is 0 Å². The summed E-state index contributed by atoms with van der Waals surface area (Å²) in [7, 11) is 3.07. The lowest BCUT2D eigenvalue weighted by molar-refractivity contribution is -0.133. The van der Waals surface area contributed by atoms with Crippen molar-refractivity contribution >= 4 is 35.1 Å². The topological polar surface area (TPSA) is 115 Å². The highest BCUT2D eigenvalue weighted by Gasteiger charge is 2.30. The van der Waals surface area contributed by atoms with E-state index in [1.54, 1.807) is 19.9 Å². The lowest BCUT2D eigenvalue weighted by Crippen LogP contribution is -2.52. The maximum Gasteiger partial charge on any atom is 0.256 e. The molecule has 2 heterocycles. The van der Waals surface area contributed by atoms with Crippen LogP contribution in [0.5, 0.6) is 0 Å². The van der Waals surface area contributed by atoms with E-state index in [-0.39, 0.29) is 11.5 Å². The highest BCUT2D eigenvalue weighted by molar-refractivity contribution is 6.34. The van der Waals surface area contributed by atoms with Crippen LogP contribution < -0.4 is 10.6 Å². The molecule has 4 N–H and O–H groups in total. The molecular weight excluding hydrogens is 403 g/mol. The molecule has 164 valence electrons. The van der Waals surface area contributed by atoms with Gasteiger partial charge >= 0.3 is 0 Å². The van der Waals surface area contributed by atoms with Crippen LogP contribution in [0, 0.1) is 19.7 Å². The van der Waals surface area contributed by atoms with Crippen LogP contribution in [-0.4, -0.2) is 59.0 Å². The largest absolute Gasteiger partial charge is 0.391 e. The molecule has 1 aromatic heterocycles. The summed E-state index contributed by atoms with van der Waals surface area (Å²) in [5, 5.41) is 15.2. The highest BCUT2D eigenvalue weighted by atomic mass is 19.1. The summed E-state index contributed by atoms with van der Waals surface area (Å²) in [5.41, 5.74) is 3.13. The Labute approximate surface area is 179 Å². The number of hydrogen-bond donors (Lipinski definition) is 4. The average Bonchev–Trinajstić information content (AvgIpc) is 3.14. The Hall–Kier alpha value is -3.46. The van der Waals surface area contributed by atoms with E-state index in [1.165, 1.54) is 44.1 Å². The van der Waals surface area contributed by atoms with Crippen molar-refractivity contribution in [2.45, 2.75) is 32.9 Å². The number of aliphatic hydroxyl groups is 1. The Morgan fingerprint density at radius 2 is 1.94 bits per heavy atom. The third-order valence-corrected chi connectivity index (χ3v) is 5.23. The minimum absolute atomic E-state index is 0.274. The minimum atomic E-state index is -1.10. The maximum absolute atomic E-state index is 13.7. The van der Waals surface area contributed by atoms with Crippen LogP contribution in [-0.2, 0) is 9.59 Å². The molecule has 0 saturated carbocycles. The molecule has 0 radical (unpaired) electrons. The first-order valence-corrected chi connectivity index (χ1v) is 9.73. The number of hydrogen-bond acceptors (Lipinski definition) is 4. The quantitative estimate of drug-likeness (QED) is 0.544. The molecule has 0 fully saturated rings. The standard InChI is InChI=1S/C22H25FN4O4/c1-10-17(9-15-14-8-13(23)6-7-16(14)25-20(15)29)24-11(2)18(10)21(30)26-19(12(3)28)22(31)27(4)5/h6-9,12,19,24,28H,1-5H3,(H,25,29)(H,26,30)/t12-,19-/m1/s1. The number of benzene rings is 1. The van der Waals surface area contributed by atoms with Gasteiger partial charge in [0.25, 0.3) is 11.8 Å². The number of aromatic nitrogens is 1. The van der Waals surface area contributed by atoms with E-state index < -0.39 is 29.8 Å². The number of carbonyl (C=O) groups is 3. The smallest absolute Gasteiger partial charge is 0.256 e. The molecule has 1 aliphatic rings. The van der Waals surface area contributed by atoms with Crippen molar-refractivity contribution in [2.24, 2.45) is 0 Å². The number of aryl methyl sites for hydroxylation is 1. The van der Waals surface area contributed by atoms with Crippen LogP contribution in [0.1, 0.15) is 39.8 Å². The van der Waals surface area contributed by atoms with Gasteiger partial charge in [-0.2, -0.15) is 0 Å². The number of carbonyl (C=O) groups excluding carboxylic acids is 3. The number of aromatic amines is 1. The van der Waals surface area contributed by atoms with E-state index in [2.05, 4.69) is 15.6 Å². The van der Waals surface area contributed by atoms with E-state index in [0.29, 0.717) is 33.8 Å². The number of H-pyrrole nitrogens is 1. The van der Waals surface area contributed by atoms with Gasteiger partial charge in [0.15, 0.2) is 0 Å². The lowest BCUT2D eigenvalue weighted by atomic mass is 10.0. The number of fused-ring (bicyclic) bond motifs is 1. The monoisotopic (exact) mass is 428 g/mol. The van der Waals surface area contributed by atoms with Crippen LogP contribution in [0.4, 0.5) is 10.1 Å². The number of anilines is 1. The Kier molecular flexibility index (Phi) is 5.99. The van der Waals surface area contributed by atoms with Gasteiger partial charge in [-0.15, -0.1) is 0 Å². The first-order valence-electron chi connectivity index (χ1n) is 9.73. The molecule has 0 unspecified atom stereocenters. The van der Waals surface area contributed by atoms with Gasteiger partial charge in [0.2, 0.25) is 5.91 Å². The van der Waals surface area contributed by atoms with E-state index in [0.717, 1.165) is 0 Å². The third kappa shape index (κ3) is 4.22. The van der Waals surface area contributed by atoms with Gasteiger partial charge in [-0.3, -0.25) is 14.4 Å². The fraction of sp³-hybridized carbons (Fsp3) is 0.318. The molecule has 9 heteroatoms. The molecule has 0 aliphatic carbocycles. The zero-order chi connectivity index (χ0) is 23.0. The molecule has 3 rings (SSSR count). The Morgan fingerprint density at radius 3 is 2.55 bits per heavy atom. The molecule has 0 bridgehead atoms. The number of likely N-dealkylation sites (N-methyl/N-ethyl adjacent to an activating group) is 1. The number of halogens is 1. The number of rotatable bonds is 5. The molecule has 1 aromatic carbocycles. The van der Waals surface area contributed by atoms with Crippen molar-refractivity contribution in [3.05, 3.63) is 52.1 Å². The Balaban J connectivity index is 1.96. The van der Waals surface area contributed by atoms with Crippen molar-refractivity contribution in [1.82, 2.24) is 15.2 Å². The molecule has 8 nitrogen and oxygen atoms in total. The van der Waals surface area contributed by atoms with E-state index in [1.807, 2.05) is 0 Å². The Bertz CT molecular complexity index is 1100. The van der Waals surface area contributed by atoms with Gasteiger partial charge in [-0.05, 0) is 50.6 Å². The summed E-state index contributed by atoms with van der Waals surface area (Å²) < 4.78 is 13.7. The van der Waals surface area contributed by atoms with E-state index in [9.17, 15) is 23.9 Å². The van der Waals surface area contributed by atoms with Crippen molar-refractivity contribution in [2.75, 3.05) is 19.4 Å². The fourth-order valence-corrected chi connectivity index (χ4v) is 3.59. The summed E-state index contributed by atoms with van der Waals surface area (Å²) in [6.45, 7) is 4.82. The second-order valence-corrected chi connectivity index (χ2v) is 7.79. The Morgan fingerprint density at radius 1 is 1.26 bits per heavy atom. The van der Waals surface area contributed by atoms with Crippen LogP contribution in [0.3, 0.4) is 0 Å². The average molecular weight is 428 g/mol. The van der Waals surface area contributed by atoms with Crippen molar-refractivity contribution in [1.29, 1.82) is 0 Å². The highest BCUT2D eigenvalue weighted by Crippen LogP contribution is 2.34. The summed E-state index contributed by atoms with van der Waals surface area (Å²) in [6, 6.07) is 2.93. The van der Waals surface area contributed by atoms with Crippen molar-refractivity contribution < 1.29 is 23.9 Å². The minimum Gasteiger partial charge on any atom is -0.391 e. The molecule has 0 saturated heterocycles. The van der Waals surface area contributed by atoms with E-state index >= 15 is 0 Å². The van der Waals surface area contributed by atoms with Crippen molar-refractivity contribution in [3.8, 4) is 0 Å². The lowest BCUT2D eigenvalue weighted by Gasteiger charge is -2.24. The number of nitrogens with zero attached hydrogens (tertiary/aromatic N) is 1. The summed E-state index contributed by atoms with van der Waals surface area (Å²) in [6.07, 6.45) is 0.477. The maximum atomic E-state index is 13.7. The van der Waals surface area contributed by atoms with Gasteiger partial charge in [0.1, 0.15) is 11.9 Å².